The lowest BCUT2D eigenvalue weighted by atomic mass is 10.2. The molecule has 2 fully saturated rings. The minimum Gasteiger partial charge on any atom is -0.356 e. The highest BCUT2D eigenvalue weighted by Crippen LogP contribution is 2.14. The van der Waals surface area contributed by atoms with E-state index in [1.54, 1.807) is 0 Å². The number of hydrogen-bond acceptors (Lipinski definition) is 5. The first-order valence-electron chi connectivity index (χ1n) is 11.4. The van der Waals surface area contributed by atoms with E-state index in [0.29, 0.717) is 6.54 Å². The summed E-state index contributed by atoms with van der Waals surface area (Å²) in [6, 6.07) is -0.0414. The van der Waals surface area contributed by atoms with Crippen LogP contribution in [0.15, 0.2) is 4.99 Å². The van der Waals surface area contributed by atoms with Crippen LogP contribution in [-0.4, -0.2) is 93.2 Å². The number of unbranched alkanes of at least 4 members (excludes halogenated alkanes) is 1. The van der Waals surface area contributed by atoms with Crippen LogP contribution in [0.1, 0.15) is 51.2 Å². The first kappa shape index (κ1) is 25.8. The van der Waals surface area contributed by atoms with Crippen molar-refractivity contribution in [1.82, 2.24) is 34.8 Å². The summed E-state index contributed by atoms with van der Waals surface area (Å²) in [6.45, 7) is 12.9. The number of rotatable bonds is 7. The molecule has 1 aromatic rings. The number of nitrogens with one attached hydrogen (secondary N) is 1. The van der Waals surface area contributed by atoms with Gasteiger partial charge in [-0.15, -0.1) is 34.2 Å². The lowest BCUT2D eigenvalue weighted by Crippen LogP contribution is -2.57. The summed E-state index contributed by atoms with van der Waals surface area (Å²) in [6.07, 6.45) is 4.54. The molecule has 1 atom stereocenters. The molecule has 2 aliphatic heterocycles. The second kappa shape index (κ2) is 12.6. The SMILES string of the molecule is CCCCNC(=NCc1nnc(C)n1C)N1CCN(C(C)C(=O)N2CCCC2)CC1.I. The highest BCUT2D eigenvalue weighted by molar-refractivity contribution is 14.0. The molecule has 1 N–H and O–H groups in total. The fraction of sp³-hybridized carbons (Fsp3) is 0.810. The number of piperazine rings is 1. The predicted octanol–water partition coefficient (Wildman–Crippen LogP) is 1.62. The number of guanidine groups is 1. The Balaban J connectivity index is 0.00000341. The average molecular weight is 547 g/mol. The van der Waals surface area contributed by atoms with Gasteiger partial charge >= 0.3 is 0 Å². The molecule has 0 spiro atoms. The summed E-state index contributed by atoms with van der Waals surface area (Å²) in [5.41, 5.74) is 0. The molecule has 2 aliphatic rings. The minimum absolute atomic E-state index is 0. The Morgan fingerprint density at radius 1 is 1.10 bits per heavy atom. The zero-order chi connectivity index (χ0) is 21.5. The topological polar surface area (TPSA) is 81.9 Å². The number of aliphatic imine (C=N–C) groups is 1. The summed E-state index contributed by atoms with van der Waals surface area (Å²) >= 11 is 0. The van der Waals surface area contributed by atoms with Crippen molar-refractivity contribution in [2.24, 2.45) is 12.0 Å². The van der Waals surface area contributed by atoms with Crippen LogP contribution >= 0.6 is 24.0 Å². The van der Waals surface area contributed by atoms with Crippen molar-refractivity contribution in [3.63, 3.8) is 0 Å². The molecule has 3 rings (SSSR count). The van der Waals surface area contributed by atoms with Crippen LogP contribution in [0.2, 0.25) is 0 Å². The molecule has 0 saturated carbocycles. The van der Waals surface area contributed by atoms with Gasteiger partial charge in [-0.2, -0.15) is 0 Å². The number of aryl methyl sites for hydroxylation is 1. The van der Waals surface area contributed by atoms with Gasteiger partial charge in [0.25, 0.3) is 0 Å². The molecular weight excluding hydrogens is 507 g/mol. The van der Waals surface area contributed by atoms with Gasteiger partial charge in [-0.25, -0.2) is 4.99 Å². The van der Waals surface area contributed by atoms with E-state index in [9.17, 15) is 4.79 Å². The third-order valence-corrected chi connectivity index (χ3v) is 6.30. The summed E-state index contributed by atoms with van der Waals surface area (Å²) < 4.78 is 1.98. The summed E-state index contributed by atoms with van der Waals surface area (Å²) in [5, 5.41) is 11.9. The molecule has 31 heavy (non-hydrogen) atoms. The highest BCUT2D eigenvalue weighted by atomic mass is 127. The van der Waals surface area contributed by atoms with Crippen LogP contribution in [0.5, 0.6) is 0 Å². The number of carbonyl (C=O) groups is 1. The van der Waals surface area contributed by atoms with E-state index in [0.717, 1.165) is 89.1 Å². The number of nitrogens with zero attached hydrogens (tertiary/aromatic N) is 7. The van der Waals surface area contributed by atoms with Crippen molar-refractivity contribution >= 4 is 35.8 Å². The molecule has 9 nitrogen and oxygen atoms in total. The molecular formula is C21H39IN8O. The molecule has 1 aromatic heterocycles. The molecule has 0 bridgehead atoms. The highest BCUT2D eigenvalue weighted by Gasteiger charge is 2.30. The number of likely N-dealkylation sites (tertiary alicyclic amines) is 1. The van der Waals surface area contributed by atoms with Crippen molar-refractivity contribution < 1.29 is 4.79 Å². The van der Waals surface area contributed by atoms with Gasteiger partial charge in [0.05, 0.1) is 6.04 Å². The van der Waals surface area contributed by atoms with E-state index in [2.05, 4.69) is 39.2 Å². The zero-order valence-electron chi connectivity index (χ0n) is 19.5. The quantitative estimate of drug-likeness (QED) is 0.242. The molecule has 2 saturated heterocycles. The van der Waals surface area contributed by atoms with E-state index in [4.69, 9.17) is 4.99 Å². The largest absolute Gasteiger partial charge is 0.356 e. The van der Waals surface area contributed by atoms with Crippen molar-refractivity contribution in [3.8, 4) is 0 Å². The Morgan fingerprint density at radius 3 is 2.35 bits per heavy atom. The summed E-state index contributed by atoms with van der Waals surface area (Å²) in [5.74, 6) is 2.98. The minimum atomic E-state index is -0.0414. The standard InChI is InChI=1S/C21H38N8O.HI/c1-5-6-9-22-21(23-16-19-25-24-18(3)26(19)4)29-14-12-27(13-15-29)17(2)20(30)28-10-7-8-11-28;/h17H,5-16H2,1-4H3,(H,22,23);1H. The smallest absolute Gasteiger partial charge is 0.239 e. The van der Waals surface area contributed by atoms with Gasteiger partial charge < -0.3 is 19.7 Å². The molecule has 1 unspecified atom stereocenters. The van der Waals surface area contributed by atoms with E-state index < -0.39 is 0 Å². The Morgan fingerprint density at radius 2 is 1.77 bits per heavy atom. The second-order valence-corrected chi connectivity index (χ2v) is 8.37. The van der Waals surface area contributed by atoms with Crippen LogP contribution in [-0.2, 0) is 18.4 Å². The normalized spacial score (nSPS) is 18.8. The molecule has 0 radical (unpaired) electrons. The van der Waals surface area contributed by atoms with Crippen molar-refractivity contribution in [3.05, 3.63) is 11.6 Å². The van der Waals surface area contributed by atoms with Crippen molar-refractivity contribution in [2.45, 2.75) is 59.0 Å². The van der Waals surface area contributed by atoms with E-state index in [-0.39, 0.29) is 35.9 Å². The third-order valence-electron chi connectivity index (χ3n) is 6.30. The van der Waals surface area contributed by atoms with Crippen LogP contribution in [0.3, 0.4) is 0 Å². The van der Waals surface area contributed by atoms with Gasteiger partial charge in [-0.05, 0) is 33.1 Å². The molecule has 3 heterocycles. The molecule has 176 valence electrons. The molecule has 0 aromatic carbocycles. The summed E-state index contributed by atoms with van der Waals surface area (Å²) in [4.78, 5) is 24.2. The Bertz CT molecular complexity index is 723. The van der Waals surface area contributed by atoms with Gasteiger partial charge in [0.1, 0.15) is 12.4 Å². The maximum atomic E-state index is 12.7. The Labute approximate surface area is 203 Å². The van der Waals surface area contributed by atoms with E-state index >= 15 is 0 Å². The monoisotopic (exact) mass is 546 g/mol. The fourth-order valence-corrected chi connectivity index (χ4v) is 4.06. The number of carbonyl (C=O) groups excluding carboxylic acids is 1. The average Bonchev–Trinajstić information content (AvgIpc) is 3.41. The molecule has 0 aliphatic carbocycles. The van der Waals surface area contributed by atoms with Crippen LogP contribution in [0, 0.1) is 6.92 Å². The Hall–Kier alpha value is -1.43. The number of aromatic nitrogens is 3. The Kier molecular flexibility index (Phi) is 10.5. The zero-order valence-corrected chi connectivity index (χ0v) is 21.8. The van der Waals surface area contributed by atoms with Crippen LogP contribution < -0.4 is 5.32 Å². The van der Waals surface area contributed by atoms with Crippen molar-refractivity contribution in [1.29, 1.82) is 0 Å². The third kappa shape index (κ3) is 6.77. The van der Waals surface area contributed by atoms with Crippen LogP contribution in [0.25, 0.3) is 0 Å². The lowest BCUT2D eigenvalue weighted by Gasteiger charge is -2.39. The molecule has 1 amide bonds. The number of halogens is 1. The van der Waals surface area contributed by atoms with E-state index in [1.807, 2.05) is 23.4 Å². The maximum Gasteiger partial charge on any atom is 0.239 e. The summed E-state index contributed by atoms with van der Waals surface area (Å²) in [7, 11) is 1.97. The number of hydrogen-bond donors (Lipinski definition) is 1. The van der Waals surface area contributed by atoms with Gasteiger partial charge in [0, 0.05) is 52.9 Å². The van der Waals surface area contributed by atoms with Crippen molar-refractivity contribution in [2.75, 3.05) is 45.8 Å². The first-order chi connectivity index (χ1) is 14.5. The fourth-order valence-electron chi connectivity index (χ4n) is 4.06. The van der Waals surface area contributed by atoms with Gasteiger partial charge in [0.2, 0.25) is 5.91 Å². The lowest BCUT2D eigenvalue weighted by molar-refractivity contribution is -0.135. The predicted molar refractivity (Wildman–Crippen MR) is 134 cm³/mol. The second-order valence-electron chi connectivity index (χ2n) is 8.37. The first-order valence-corrected chi connectivity index (χ1v) is 11.4. The van der Waals surface area contributed by atoms with Gasteiger partial charge in [-0.1, -0.05) is 13.3 Å². The van der Waals surface area contributed by atoms with Gasteiger partial charge in [0.15, 0.2) is 11.8 Å². The molecule has 10 heteroatoms. The van der Waals surface area contributed by atoms with Gasteiger partial charge in [-0.3, -0.25) is 9.69 Å². The van der Waals surface area contributed by atoms with Crippen LogP contribution in [0.4, 0.5) is 0 Å². The van der Waals surface area contributed by atoms with E-state index in [1.165, 1.54) is 0 Å². The maximum absolute atomic E-state index is 12.7. The number of amides is 1.